The molecule has 8 heteroatoms. The standard InChI is InChI=1S/C21H26FN3O3S/c1-14-12-15(2)20(16(3)13-14)29(27,28)25-10-8-17(9-11-25)21(26)24-23-19-6-4-18(22)5-7-19/h4-7,12-13,17,23H,8-11H2,1-3H3,(H,24,26). The van der Waals surface area contributed by atoms with Gasteiger partial charge in [0.2, 0.25) is 15.9 Å². The van der Waals surface area contributed by atoms with Crippen LogP contribution in [0.3, 0.4) is 0 Å². The van der Waals surface area contributed by atoms with Gasteiger partial charge in [-0.2, -0.15) is 4.31 Å². The van der Waals surface area contributed by atoms with Gasteiger partial charge in [-0.25, -0.2) is 12.8 Å². The molecule has 1 aliphatic rings. The first-order chi connectivity index (χ1) is 13.7. The minimum Gasteiger partial charge on any atom is -0.299 e. The summed E-state index contributed by atoms with van der Waals surface area (Å²) in [6, 6.07) is 9.40. The zero-order valence-corrected chi connectivity index (χ0v) is 17.6. The second-order valence-electron chi connectivity index (χ2n) is 7.53. The van der Waals surface area contributed by atoms with Gasteiger partial charge >= 0.3 is 0 Å². The monoisotopic (exact) mass is 419 g/mol. The van der Waals surface area contributed by atoms with E-state index in [0.717, 1.165) is 16.7 Å². The molecule has 29 heavy (non-hydrogen) atoms. The number of rotatable bonds is 5. The lowest BCUT2D eigenvalue weighted by molar-refractivity contribution is -0.125. The van der Waals surface area contributed by atoms with Crippen LogP contribution in [0, 0.1) is 32.5 Å². The highest BCUT2D eigenvalue weighted by Gasteiger charge is 2.33. The third-order valence-corrected chi connectivity index (χ3v) is 7.41. The highest BCUT2D eigenvalue weighted by Crippen LogP contribution is 2.28. The lowest BCUT2D eigenvalue weighted by Gasteiger charge is -2.31. The van der Waals surface area contributed by atoms with Gasteiger partial charge in [0.05, 0.1) is 10.6 Å². The second-order valence-corrected chi connectivity index (χ2v) is 9.40. The summed E-state index contributed by atoms with van der Waals surface area (Å²) >= 11 is 0. The number of hydrogen-bond donors (Lipinski definition) is 2. The Hall–Kier alpha value is -2.45. The molecule has 0 aliphatic carbocycles. The van der Waals surface area contributed by atoms with Crippen LogP contribution in [0.4, 0.5) is 10.1 Å². The molecule has 0 atom stereocenters. The summed E-state index contributed by atoms with van der Waals surface area (Å²) in [5, 5.41) is 0. The Balaban J connectivity index is 1.61. The van der Waals surface area contributed by atoms with Crippen LogP contribution in [0.2, 0.25) is 0 Å². The van der Waals surface area contributed by atoms with E-state index >= 15 is 0 Å². The maximum absolute atomic E-state index is 13.1. The number of anilines is 1. The van der Waals surface area contributed by atoms with Crippen LogP contribution in [0.25, 0.3) is 0 Å². The zero-order valence-electron chi connectivity index (χ0n) is 16.8. The van der Waals surface area contributed by atoms with E-state index in [1.807, 2.05) is 32.9 Å². The smallest absolute Gasteiger partial charge is 0.243 e. The number of halogens is 1. The van der Waals surface area contributed by atoms with E-state index in [1.54, 1.807) is 0 Å². The molecule has 6 nitrogen and oxygen atoms in total. The summed E-state index contributed by atoms with van der Waals surface area (Å²) < 4.78 is 40.7. The van der Waals surface area contributed by atoms with Gasteiger partial charge in [-0.3, -0.25) is 15.6 Å². The quantitative estimate of drug-likeness (QED) is 0.729. The lowest BCUT2D eigenvalue weighted by Crippen LogP contribution is -2.44. The molecule has 0 aromatic heterocycles. The molecule has 0 saturated carbocycles. The zero-order chi connectivity index (χ0) is 21.2. The first kappa shape index (κ1) is 21.3. The van der Waals surface area contributed by atoms with Crippen molar-refractivity contribution >= 4 is 21.6 Å². The summed E-state index contributed by atoms with van der Waals surface area (Å²) in [7, 11) is -3.60. The number of piperidine rings is 1. The van der Waals surface area contributed by atoms with Crippen molar-refractivity contribution < 1.29 is 17.6 Å². The number of benzene rings is 2. The molecule has 156 valence electrons. The molecular weight excluding hydrogens is 393 g/mol. The minimum absolute atomic E-state index is 0.200. The van der Waals surface area contributed by atoms with Crippen molar-refractivity contribution in [3.63, 3.8) is 0 Å². The Morgan fingerprint density at radius 3 is 2.14 bits per heavy atom. The highest BCUT2D eigenvalue weighted by atomic mass is 32.2. The fourth-order valence-corrected chi connectivity index (χ4v) is 5.71. The van der Waals surface area contributed by atoms with Crippen LogP contribution in [0.1, 0.15) is 29.5 Å². The Bertz CT molecular complexity index is 975. The van der Waals surface area contributed by atoms with Crippen molar-refractivity contribution in [1.29, 1.82) is 0 Å². The average molecular weight is 420 g/mol. The van der Waals surface area contributed by atoms with Gasteiger partial charge in [0.15, 0.2) is 0 Å². The maximum Gasteiger partial charge on any atom is 0.243 e. The number of sulfonamides is 1. The van der Waals surface area contributed by atoms with E-state index in [0.29, 0.717) is 36.5 Å². The fraction of sp³-hybridized carbons (Fsp3) is 0.381. The van der Waals surface area contributed by atoms with Crippen molar-refractivity contribution in [3.8, 4) is 0 Å². The topological polar surface area (TPSA) is 78.5 Å². The molecule has 2 aromatic carbocycles. The first-order valence-electron chi connectivity index (χ1n) is 9.58. The minimum atomic E-state index is -3.60. The van der Waals surface area contributed by atoms with E-state index in [2.05, 4.69) is 10.9 Å². The van der Waals surface area contributed by atoms with E-state index in [1.165, 1.54) is 28.6 Å². The Kier molecular flexibility index (Phi) is 6.24. The van der Waals surface area contributed by atoms with Gasteiger partial charge in [-0.15, -0.1) is 0 Å². The summed E-state index contributed by atoms with van der Waals surface area (Å²) in [5.41, 5.74) is 8.46. The van der Waals surface area contributed by atoms with Crippen LogP contribution >= 0.6 is 0 Å². The summed E-state index contributed by atoms with van der Waals surface area (Å²) in [4.78, 5) is 12.8. The third-order valence-electron chi connectivity index (χ3n) is 5.20. The Morgan fingerprint density at radius 2 is 1.59 bits per heavy atom. The molecule has 0 unspecified atom stereocenters. The lowest BCUT2D eigenvalue weighted by atomic mass is 9.98. The molecule has 3 rings (SSSR count). The largest absolute Gasteiger partial charge is 0.299 e. The maximum atomic E-state index is 13.1. The summed E-state index contributed by atoms with van der Waals surface area (Å²) in [6.07, 6.45) is 0.889. The predicted octanol–water partition coefficient (Wildman–Crippen LogP) is 3.29. The molecule has 0 radical (unpaired) electrons. The van der Waals surface area contributed by atoms with Crippen molar-refractivity contribution in [2.45, 2.75) is 38.5 Å². The van der Waals surface area contributed by atoms with Crippen molar-refractivity contribution in [1.82, 2.24) is 9.73 Å². The van der Waals surface area contributed by atoms with Gasteiger partial charge in [-0.1, -0.05) is 17.7 Å². The average Bonchev–Trinajstić information content (AvgIpc) is 2.66. The normalized spacial score (nSPS) is 15.9. The van der Waals surface area contributed by atoms with Gasteiger partial charge in [0.25, 0.3) is 0 Å². The predicted molar refractivity (Wildman–Crippen MR) is 110 cm³/mol. The van der Waals surface area contributed by atoms with E-state index in [9.17, 15) is 17.6 Å². The molecule has 2 aromatic rings. The van der Waals surface area contributed by atoms with Crippen LogP contribution in [0.5, 0.6) is 0 Å². The summed E-state index contributed by atoms with van der Waals surface area (Å²) in [5.74, 6) is -0.835. The molecule has 1 fully saturated rings. The molecule has 1 saturated heterocycles. The highest BCUT2D eigenvalue weighted by molar-refractivity contribution is 7.89. The van der Waals surface area contributed by atoms with Crippen molar-refractivity contribution in [2.75, 3.05) is 18.5 Å². The van der Waals surface area contributed by atoms with E-state index in [-0.39, 0.29) is 17.6 Å². The fourth-order valence-electron chi connectivity index (χ4n) is 3.83. The number of carbonyl (C=O) groups excluding carboxylic acids is 1. The number of aryl methyl sites for hydroxylation is 3. The van der Waals surface area contributed by atoms with Crippen LogP contribution < -0.4 is 10.9 Å². The van der Waals surface area contributed by atoms with Gasteiger partial charge in [0, 0.05) is 19.0 Å². The SMILES string of the molecule is Cc1cc(C)c(S(=O)(=O)N2CCC(C(=O)NNc3ccc(F)cc3)CC2)c(C)c1. The number of amides is 1. The van der Waals surface area contributed by atoms with Gasteiger partial charge < -0.3 is 0 Å². The number of carbonyl (C=O) groups is 1. The van der Waals surface area contributed by atoms with Crippen LogP contribution in [0.15, 0.2) is 41.3 Å². The number of hydrazine groups is 1. The molecule has 1 aliphatic heterocycles. The van der Waals surface area contributed by atoms with Crippen LogP contribution in [-0.4, -0.2) is 31.7 Å². The van der Waals surface area contributed by atoms with Crippen LogP contribution in [-0.2, 0) is 14.8 Å². The Morgan fingerprint density at radius 1 is 1.03 bits per heavy atom. The van der Waals surface area contributed by atoms with Gasteiger partial charge in [0.1, 0.15) is 5.82 Å². The third kappa shape index (κ3) is 4.76. The molecular formula is C21H26FN3O3S. The van der Waals surface area contributed by atoms with E-state index < -0.39 is 10.0 Å². The van der Waals surface area contributed by atoms with Crippen molar-refractivity contribution in [2.24, 2.45) is 5.92 Å². The number of nitrogens with zero attached hydrogens (tertiary/aromatic N) is 1. The Labute approximate surface area is 171 Å². The summed E-state index contributed by atoms with van der Waals surface area (Å²) in [6.45, 7) is 6.16. The van der Waals surface area contributed by atoms with Gasteiger partial charge in [-0.05, 0) is 69.0 Å². The molecule has 1 heterocycles. The number of nitrogens with one attached hydrogen (secondary N) is 2. The first-order valence-corrected chi connectivity index (χ1v) is 11.0. The van der Waals surface area contributed by atoms with Crippen molar-refractivity contribution in [3.05, 3.63) is 58.9 Å². The second kappa shape index (κ2) is 8.51. The molecule has 0 spiro atoms. The molecule has 1 amide bonds. The van der Waals surface area contributed by atoms with E-state index in [4.69, 9.17) is 0 Å². The number of hydrogen-bond acceptors (Lipinski definition) is 4. The molecule has 0 bridgehead atoms. The molecule has 2 N–H and O–H groups in total.